The molecule has 0 bridgehead atoms. The third kappa shape index (κ3) is 14.1. The molecule has 8 nitrogen and oxygen atoms in total. The monoisotopic (exact) mass is 713 g/mol. The fourth-order valence-electron chi connectivity index (χ4n) is 6.99. The Labute approximate surface area is 312 Å². The molecule has 1 unspecified atom stereocenters. The third-order valence-electron chi connectivity index (χ3n) is 10.6. The molecule has 3 N–H and O–H groups in total. The molecule has 2 aliphatic rings. The summed E-state index contributed by atoms with van der Waals surface area (Å²) >= 11 is 0. The molecule has 0 radical (unpaired) electrons. The second kappa shape index (κ2) is 20.0. The van der Waals surface area contributed by atoms with Crippen LogP contribution in [0.1, 0.15) is 116 Å². The van der Waals surface area contributed by atoms with Crippen LogP contribution in [0.2, 0.25) is 0 Å². The topological polar surface area (TPSA) is 121 Å². The lowest BCUT2D eigenvalue weighted by molar-refractivity contribution is -0.135. The number of aryl methyl sites for hydroxylation is 1. The largest absolute Gasteiger partial charge is 0.346 e. The van der Waals surface area contributed by atoms with Crippen molar-refractivity contribution in [1.29, 1.82) is 0 Å². The number of benzene rings is 2. The van der Waals surface area contributed by atoms with Gasteiger partial charge in [-0.1, -0.05) is 95.3 Å². The normalized spacial score (nSPS) is 17.2. The van der Waals surface area contributed by atoms with E-state index in [9.17, 15) is 24.0 Å². The second-order valence-electron chi connectivity index (χ2n) is 16.7. The highest BCUT2D eigenvalue weighted by atomic mass is 16.2. The standard InChI is InChI=1S/C44H63N3O5/c1-30(2)25-38(46-42(51)34(19-18-32-13-8-6-9-14-32)28-37(48)17-12-24-45-36-20-21-36)40(49)29-35(27-33-15-10-7-11-16-33)43(52)47-39(26-31(3)4)41(50)44(5)22-23-44/h6-11,13-16,30-31,34-36,38-39,45H,12,17-29H2,1-5H3,(H,46,51)(H,47,52)/t34?,35-,38+,39+/m1/s1. The van der Waals surface area contributed by atoms with Crippen LogP contribution in [0.5, 0.6) is 0 Å². The van der Waals surface area contributed by atoms with Crippen molar-refractivity contribution >= 4 is 29.2 Å². The number of amides is 2. The first-order chi connectivity index (χ1) is 24.8. The summed E-state index contributed by atoms with van der Waals surface area (Å²) in [6, 6.07) is 18.7. The summed E-state index contributed by atoms with van der Waals surface area (Å²) in [6.07, 6.45) is 7.70. The van der Waals surface area contributed by atoms with Crippen molar-refractivity contribution in [3.8, 4) is 0 Å². The van der Waals surface area contributed by atoms with Gasteiger partial charge in [0.1, 0.15) is 5.78 Å². The third-order valence-corrected chi connectivity index (χ3v) is 10.6. The minimum Gasteiger partial charge on any atom is -0.346 e. The average molecular weight is 714 g/mol. The Bertz CT molecular complexity index is 1470. The van der Waals surface area contributed by atoms with Gasteiger partial charge in [0.2, 0.25) is 11.8 Å². The summed E-state index contributed by atoms with van der Waals surface area (Å²) < 4.78 is 0. The molecular weight excluding hydrogens is 651 g/mol. The van der Waals surface area contributed by atoms with Crippen molar-refractivity contribution < 1.29 is 24.0 Å². The van der Waals surface area contributed by atoms with Gasteiger partial charge >= 0.3 is 0 Å². The smallest absolute Gasteiger partial charge is 0.224 e. The molecule has 52 heavy (non-hydrogen) atoms. The predicted molar refractivity (Wildman–Crippen MR) is 207 cm³/mol. The van der Waals surface area contributed by atoms with Crippen molar-refractivity contribution in [3.63, 3.8) is 0 Å². The fourth-order valence-corrected chi connectivity index (χ4v) is 6.99. The van der Waals surface area contributed by atoms with E-state index in [-0.39, 0.29) is 53.8 Å². The van der Waals surface area contributed by atoms with Crippen molar-refractivity contribution in [1.82, 2.24) is 16.0 Å². The highest BCUT2D eigenvalue weighted by Gasteiger charge is 2.48. The number of hydrogen-bond donors (Lipinski definition) is 3. The van der Waals surface area contributed by atoms with Gasteiger partial charge in [0.05, 0.1) is 12.1 Å². The molecule has 0 spiro atoms. The van der Waals surface area contributed by atoms with Gasteiger partial charge in [0, 0.05) is 42.6 Å². The van der Waals surface area contributed by atoms with Gasteiger partial charge in [-0.15, -0.1) is 0 Å². The molecular formula is C44H63N3O5. The second-order valence-corrected chi connectivity index (χ2v) is 16.7. The number of nitrogens with one attached hydrogen (secondary N) is 3. The molecule has 2 aromatic carbocycles. The molecule has 284 valence electrons. The number of ketones is 3. The maximum absolute atomic E-state index is 14.2. The van der Waals surface area contributed by atoms with Crippen LogP contribution in [0.25, 0.3) is 0 Å². The van der Waals surface area contributed by atoms with E-state index in [0.717, 1.165) is 36.9 Å². The molecule has 2 fully saturated rings. The first-order valence-electron chi connectivity index (χ1n) is 19.8. The van der Waals surface area contributed by atoms with E-state index in [1.165, 1.54) is 12.8 Å². The van der Waals surface area contributed by atoms with E-state index >= 15 is 0 Å². The molecule has 8 heteroatoms. The van der Waals surface area contributed by atoms with Gasteiger partial charge in [0.15, 0.2) is 11.6 Å². The highest BCUT2D eigenvalue weighted by molar-refractivity contribution is 5.97. The van der Waals surface area contributed by atoms with Crippen LogP contribution in [0.4, 0.5) is 0 Å². The lowest BCUT2D eigenvalue weighted by atomic mass is 9.87. The Morgan fingerprint density at radius 1 is 0.731 bits per heavy atom. The molecule has 4 atom stereocenters. The quantitative estimate of drug-likeness (QED) is 0.0956. The Morgan fingerprint density at radius 3 is 1.87 bits per heavy atom. The first kappa shape index (κ1) is 41.1. The SMILES string of the molecule is CC(C)C[C@H](NC(=O)C(CCc1ccccc1)CC(=O)CCCNC1CC1)C(=O)C[C@@H](Cc1ccccc1)C(=O)N[C@@H](CC(C)C)C(=O)C1(C)CC1. The maximum atomic E-state index is 14.2. The number of rotatable bonds is 25. The Hall–Kier alpha value is -3.65. The van der Waals surface area contributed by atoms with E-state index < -0.39 is 29.3 Å². The lowest BCUT2D eigenvalue weighted by Crippen LogP contribution is -2.49. The maximum Gasteiger partial charge on any atom is 0.224 e. The minimum absolute atomic E-state index is 0.0581. The fraction of sp³-hybridized carbons (Fsp3) is 0.614. The predicted octanol–water partition coefficient (Wildman–Crippen LogP) is 6.98. The Morgan fingerprint density at radius 2 is 1.29 bits per heavy atom. The Kier molecular flexibility index (Phi) is 15.8. The van der Waals surface area contributed by atoms with Crippen molar-refractivity contribution in [3.05, 3.63) is 71.8 Å². The van der Waals surface area contributed by atoms with Crippen LogP contribution >= 0.6 is 0 Å². The van der Waals surface area contributed by atoms with Crippen LogP contribution in [0.15, 0.2) is 60.7 Å². The van der Waals surface area contributed by atoms with Crippen LogP contribution in [0.3, 0.4) is 0 Å². The molecule has 2 aromatic rings. The molecule has 2 saturated carbocycles. The van der Waals surface area contributed by atoms with Crippen molar-refractivity contribution in [2.75, 3.05) is 6.54 Å². The summed E-state index contributed by atoms with van der Waals surface area (Å²) in [5.41, 5.74) is 1.62. The van der Waals surface area contributed by atoms with Crippen molar-refractivity contribution in [2.45, 2.75) is 136 Å². The number of carbonyl (C=O) groups is 5. The van der Waals surface area contributed by atoms with Gasteiger partial charge in [-0.25, -0.2) is 0 Å². The molecule has 4 rings (SSSR count). The summed E-state index contributed by atoms with van der Waals surface area (Å²) in [7, 11) is 0. The first-order valence-corrected chi connectivity index (χ1v) is 19.8. The lowest BCUT2D eigenvalue weighted by Gasteiger charge is -2.27. The Balaban J connectivity index is 1.48. The number of Topliss-reactive ketones (excluding diaryl/α,β-unsaturated/α-hetero) is 3. The van der Waals surface area contributed by atoms with E-state index in [1.54, 1.807) is 0 Å². The molecule has 2 aliphatic carbocycles. The zero-order chi connectivity index (χ0) is 37.7. The average Bonchev–Trinajstić information content (AvgIpc) is 4.06. The van der Waals surface area contributed by atoms with Crippen LogP contribution in [0, 0.1) is 29.1 Å². The molecule has 0 saturated heterocycles. The van der Waals surface area contributed by atoms with Crippen molar-refractivity contribution in [2.24, 2.45) is 29.1 Å². The van der Waals surface area contributed by atoms with E-state index in [4.69, 9.17) is 0 Å². The van der Waals surface area contributed by atoms with E-state index in [2.05, 4.69) is 16.0 Å². The van der Waals surface area contributed by atoms with E-state index in [1.807, 2.05) is 95.3 Å². The minimum atomic E-state index is -0.797. The summed E-state index contributed by atoms with van der Waals surface area (Å²) in [6.45, 7) is 10.9. The molecule has 0 aromatic heterocycles. The molecule has 0 aliphatic heterocycles. The van der Waals surface area contributed by atoms with Gasteiger partial charge in [-0.05, 0) is 93.7 Å². The summed E-state index contributed by atoms with van der Waals surface area (Å²) in [5, 5.41) is 9.59. The van der Waals surface area contributed by atoms with Gasteiger partial charge < -0.3 is 16.0 Å². The summed E-state index contributed by atoms with van der Waals surface area (Å²) in [4.78, 5) is 68.9. The number of carbonyl (C=O) groups excluding carboxylic acids is 5. The summed E-state index contributed by atoms with van der Waals surface area (Å²) in [5.74, 6) is -1.65. The zero-order valence-electron chi connectivity index (χ0n) is 32.3. The molecule has 0 heterocycles. The zero-order valence-corrected chi connectivity index (χ0v) is 32.3. The van der Waals surface area contributed by atoms with Gasteiger partial charge in [-0.2, -0.15) is 0 Å². The van der Waals surface area contributed by atoms with Crippen LogP contribution < -0.4 is 16.0 Å². The van der Waals surface area contributed by atoms with Gasteiger partial charge in [0.25, 0.3) is 0 Å². The number of hydrogen-bond acceptors (Lipinski definition) is 6. The van der Waals surface area contributed by atoms with E-state index in [0.29, 0.717) is 44.6 Å². The molecule has 2 amide bonds. The van der Waals surface area contributed by atoms with Gasteiger partial charge in [-0.3, -0.25) is 24.0 Å². The van der Waals surface area contributed by atoms with Crippen LogP contribution in [-0.4, -0.2) is 53.8 Å². The van der Waals surface area contributed by atoms with Crippen LogP contribution in [-0.2, 0) is 36.8 Å². The highest BCUT2D eigenvalue weighted by Crippen LogP contribution is 2.47.